The number of anilines is 1. The molecule has 3 heterocycles. The normalized spacial score (nSPS) is 16.2. The van der Waals surface area contributed by atoms with Crippen LogP contribution in [0.5, 0.6) is 11.5 Å². The van der Waals surface area contributed by atoms with Gasteiger partial charge in [0.05, 0.1) is 15.8 Å². The molecule has 2 aromatic carbocycles. The number of sulfonamides is 1. The van der Waals surface area contributed by atoms with Crippen molar-refractivity contribution in [3.63, 3.8) is 0 Å². The highest BCUT2D eigenvalue weighted by molar-refractivity contribution is 7.89. The van der Waals surface area contributed by atoms with Gasteiger partial charge in [0.15, 0.2) is 10.8 Å². The third-order valence-corrected chi connectivity index (χ3v) is 9.42. The van der Waals surface area contributed by atoms with Crippen LogP contribution in [0, 0.1) is 12.3 Å². The summed E-state index contributed by atoms with van der Waals surface area (Å²) in [4.78, 5) is 27.5. The van der Waals surface area contributed by atoms with Crippen LogP contribution in [0.1, 0.15) is 11.4 Å². The zero-order valence-electron chi connectivity index (χ0n) is 23.0. The van der Waals surface area contributed by atoms with Crippen molar-refractivity contribution in [3.8, 4) is 23.8 Å². The Morgan fingerprint density at radius 3 is 2.17 bits per heavy atom. The summed E-state index contributed by atoms with van der Waals surface area (Å²) in [5.41, 5.74) is 0.692. The van der Waals surface area contributed by atoms with Crippen molar-refractivity contribution in [2.24, 2.45) is 0 Å². The second-order valence-electron chi connectivity index (χ2n) is 9.53. The van der Waals surface area contributed by atoms with E-state index >= 15 is 0 Å². The lowest BCUT2D eigenvalue weighted by molar-refractivity contribution is -0.275. The molecule has 1 aliphatic heterocycles. The van der Waals surface area contributed by atoms with Gasteiger partial charge in [-0.3, -0.25) is 4.79 Å². The van der Waals surface area contributed by atoms with Crippen LogP contribution in [0.4, 0.5) is 31.5 Å². The van der Waals surface area contributed by atoms with Crippen LogP contribution in [0.3, 0.4) is 0 Å². The Bertz CT molecular complexity index is 1880. The molecule has 19 heteroatoms. The third-order valence-electron chi connectivity index (χ3n) is 6.46. The lowest BCUT2D eigenvalue weighted by atomic mass is 10.1. The Morgan fingerprint density at radius 2 is 1.59 bits per heavy atom. The topological polar surface area (TPSA) is 127 Å². The Hall–Kier alpha value is -4.67. The van der Waals surface area contributed by atoms with Gasteiger partial charge in [-0.05, 0) is 47.9 Å². The number of terminal acetylenes is 1. The van der Waals surface area contributed by atoms with Crippen LogP contribution in [0.25, 0.3) is 10.3 Å². The van der Waals surface area contributed by atoms with Gasteiger partial charge in [0.1, 0.15) is 17.5 Å². The number of hydrogen-bond donors (Lipinski definition) is 1. The van der Waals surface area contributed by atoms with E-state index in [0.29, 0.717) is 21.0 Å². The van der Waals surface area contributed by atoms with E-state index in [-0.39, 0.29) is 36.9 Å². The first-order valence-corrected chi connectivity index (χ1v) is 15.2. The third kappa shape index (κ3) is 7.75. The highest BCUT2D eigenvalue weighted by Gasteiger charge is 2.41. The maximum atomic E-state index is 13.7. The maximum Gasteiger partial charge on any atom is 0.573 e. The maximum absolute atomic E-state index is 13.7. The predicted molar refractivity (Wildman–Crippen MR) is 151 cm³/mol. The molecule has 242 valence electrons. The molecule has 1 atom stereocenters. The van der Waals surface area contributed by atoms with E-state index in [9.17, 15) is 39.6 Å². The van der Waals surface area contributed by atoms with Gasteiger partial charge in [-0.2, -0.15) is 14.3 Å². The fraction of sp³-hybridized carbons (Fsp3) is 0.259. The van der Waals surface area contributed by atoms with Crippen LogP contribution < -0.4 is 19.7 Å². The minimum absolute atomic E-state index is 0.0776. The highest BCUT2D eigenvalue weighted by atomic mass is 32.2. The molecule has 0 saturated carbocycles. The van der Waals surface area contributed by atoms with E-state index in [1.807, 2.05) is 0 Å². The molecule has 1 fully saturated rings. The molecule has 4 aromatic rings. The van der Waals surface area contributed by atoms with Gasteiger partial charge in [0.2, 0.25) is 21.8 Å². The molecule has 5 rings (SSSR count). The number of nitrogens with zero attached hydrogens (tertiary/aromatic N) is 5. The molecule has 1 saturated heterocycles. The number of piperazine rings is 1. The van der Waals surface area contributed by atoms with E-state index in [4.69, 9.17) is 6.42 Å². The number of aromatic nitrogens is 3. The average molecular weight is 687 g/mol. The number of halogens is 6. The van der Waals surface area contributed by atoms with Crippen molar-refractivity contribution < 1.29 is 49.0 Å². The fourth-order valence-electron chi connectivity index (χ4n) is 4.44. The Labute approximate surface area is 260 Å². The van der Waals surface area contributed by atoms with Gasteiger partial charge in [0.25, 0.3) is 0 Å². The van der Waals surface area contributed by atoms with Gasteiger partial charge >= 0.3 is 12.7 Å². The monoisotopic (exact) mass is 686 g/mol. The summed E-state index contributed by atoms with van der Waals surface area (Å²) in [6, 6.07) is 6.87. The van der Waals surface area contributed by atoms with E-state index in [1.165, 1.54) is 29.7 Å². The van der Waals surface area contributed by atoms with E-state index < -0.39 is 46.2 Å². The van der Waals surface area contributed by atoms with Crippen molar-refractivity contribution in [1.82, 2.24) is 24.6 Å². The highest BCUT2D eigenvalue weighted by Crippen LogP contribution is 2.32. The molecular weight excluding hydrogens is 666 g/mol. The summed E-state index contributed by atoms with van der Waals surface area (Å²) in [6.45, 7) is -0.505. The minimum Gasteiger partial charge on any atom is -0.406 e. The van der Waals surface area contributed by atoms with Gasteiger partial charge in [0, 0.05) is 26.2 Å². The van der Waals surface area contributed by atoms with Crippen molar-refractivity contribution in [2.75, 3.05) is 24.5 Å². The molecular formula is C27H20F6N6O5S2. The second kappa shape index (κ2) is 12.6. The zero-order chi connectivity index (χ0) is 33.3. The molecule has 1 N–H and O–H groups in total. The molecule has 46 heavy (non-hydrogen) atoms. The van der Waals surface area contributed by atoms with Crippen molar-refractivity contribution >= 4 is 42.7 Å². The number of fused-ring (bicyclic) bond motifs is 1. The van der Waals surface area contributed by atoms with Crippen molar-refractivity contribution in [2.45, 2.75) is 30.2 Å². The summed E-state index contributed by atoms with van der Waals surface area (Å²) in [5, 5.41) is 3.00. The summed E-state index contributed by atoms with van der Waals surface area (Å²) < 4.78 is 112. The van der Waals surface area contributed by atoms with Gasteiger partial charge in [-0.15, -0.1) is 32.8 Å². The molecule has 1 amide bonds. The first-order chi connectivity index (χ1) is 21.6. The smallest absolute Gasteiger partial charge is 0.406 e. The van der Waals surface area contributed by atoms with Crippen LogP contribution in [-0.4, -0.2) is 72.0 Å². The minimum atomic E-state index is -4.99. The Morgan fingerprint density at radius 1 is 0.978 bits per heavy atom. The SMILES string of the molecule is C#Cc1ncc2sc(N3CCN(S(=O)(=O)c4ccc(OC(F)(F)F)cc4)[C@@H](C(=O)NCc4ccc(OC(F)(F)F)cc4)C3)nc2n1. The molecule has 0 spiro atoms. The number of thiazole rings is 1. The van der Waals surface area contributed by atoms with E-state index in [0.717, 1.165) is 40.7 Å². The summed E-state index contributed by atoms with van der Waals surface area (Å²) in [6.07, 6.45) is -3.03. The number of ether oxygens (including phenoxy) is 2. The number of benzene rings is 2. The lowest BCUT2D eigenvalue weighted by Gasteiger charge is -2.39. The number of carbonyl (C=O) groups is 1. The van der Waals surface area contributed by atoms with Crippen LogP contribution >= 0.6 is 11.3 Å². The van der Waals surface area contributed by atoms with Gasteiger partial charge in [-0.25, -0.2) is 13.4 Å². The molecule has 1 aliphatic rings. The van der Waals surface area contributed by atoms with Crippen LogP contribution in [0.15, 0.2) is 59.6 Å². The molecule has 2 aromatic heterocycles. The number of amides is 1. The number of carbonyl (C=O) groups excluding carboxylic acids is 1. The standard InChI is InChI=1S/C27H20F6N6O5S2/c1-2-22-34-14-21-23(36-22)37-25(45-21)38-11-12-39(46(41,42)19-9-7-18(8-10-19)44-27(31,32)33)20(15-38)24(40)35-13-16-3-5-17(6-4-16)43-26(28,29)30/h1,3-10,14,20H,11-13,15H2,(H,35,40)/t20-/m1/s1. The van der Waals surface area contributed by atoms with Crippen LogP contribution in [0.2, 0.25) is 0 Å². The molecule has 11 nitrogen and oxygen atoms in total. The Kier molecular flexibility index (Phi) is 8.97. The molecule has 0 bridgehead atoms. The first kappa shape index (κ1) is 32.7. The largest absolute Gasteiger partial charge is 0.573 e. The summed E-state index contributed by atoms with van der Waals surface area (Å²) in [5.74, 6) is 0.561. The predicted octanol–water partition coefficient (Wildman–Crippen LogP) is 4.06. The second-order valence-corrected chi connectivity index (χ2v) is 12.4. The number of alkyl halides is 6. The summed E-state index contributed by atoms with van der Waals surface area (Å²) in [7, 11) is -4.44. The van der Waals surface area contributed by atoms with E-state index in [2.05, 4.69) is 35.7 Å². The number of nitrogens with one attached hydrogen (secondary N) is 1. The summed E-state index contributed by atoms with van der Waals surface area (Å²) >= 11 is 1.19. The van der Waals surface area contributed by atoms with Gasteiger partial charge in [-0.1, -0.05) is 23.5 Å². The zero-order valence-corrected chi connectivity index (χ0v) is 24.7. The molecule has 0 radical (unpaired) electrons. The van der Waals surface area contributed by atoms with E-state index in [1.54, 1.807) is 4.90 Å². The molecule has 0 aliphatic carbocycles. The van der Waals surface area contributed by atoms with Crippen molar-refractivity contribution in [1.29, 1.82) is 0 Å². The van der Waals surface area contributed by atoms with Crippen molar-refractivity contribution in [3.05, 3.63) is 66.1 Å². The first-order valence-electron chi connectivity index (χ1n) is 13.0. The number of hydrogen-bond acceptors (Lipinski definition) is 10. The molecule has 0 unspecified atom stereocenters. The quantitative estimate of drug-likeness (QED) is 0.216. The number of rotatable bonds is 8. The lowest BCUT2D eigenvalue weighted by Crippen LogP contribution is -2.60. The fourth-order valence-corrected chi connectivity index (χ4v) is 6.92. The Balaban J connectivity index is 1.39. The van der Waals surface area contributed by atoms with Crippen LogP contribution in [-0.2, 0) is 21.4 Å². The van der Waals surface area contributed by atoms with Gasteiger partial charge < -0.3 is 19.7 Å². The average Bonchev–Trinajstić information content (AvgIpc) is 3.42.